The largest absolute Gasteiger partial charge is 0.421 e. The summed E-state index contributed by atoms with van der Waals surface area (Å²) >= 11 is 1.30. The molecular formula is C22H26F5N5S. The first-order chi connectivity index (χ1) is 15.7. The number of hydrogen-bond acceptors (Lipinski definition) is 6. The van der Waals surface area contributed by atoms with Crippen molar-refractivity contribution in [1.29, 1.82) is 0 Å². The molecule has 1 aromatic heterocycles. The summed E-state index contributed by atoms with van der Waals surface area (Å²) < 4.78 is 71.6. The summed E-state index contributed by atoms with van der Waals surface area (Å²) in [5, 5.41) is 2.71. The second-order valence-corrected chi connectivity index (χ2v) is 9.56. The molecular weight excluding hydrogens is 461 g/mol. The van der Waals surface area contributed by atoms with Gasteiger partial charge in [-0.1, -0.05) is 13.3 Å². The van der Waals surface area contributed by atoms with Gasteiger partial charge in [0.2, 0.25) is 5.95 Å². The summed E-state index contributed by atoms with van der Waals surface area (Å²) in [6.07, 6.45) is -1.67. The van der Waals surface area contributed by atoms with Crippen molar-refractivity contribution in [1.82, 2.24) is 14.7 Å². The molecule has 4 rings (SSSR count). The molecule has 180 valence electrons. The maximum Gasteiger partial charge on any atom is 0.421 e. The van der Waals surface area contributed by atoms with Crippen molar-refractivity contribution < 1.29 is 22.0 Å². The van der Waals surface area contributed by atoms with Crippen molar-refractivity contribution in [2.45, 2.75) is 62.6 Å². The van der Waals surface area contributed by atoms with E-state index in [-0.39, 0.29) is 28.9 Å². The van der Waals surface area contributed by atoms with E-state index in [2.05, 4.69) is 20.0 Å². The zero-order valence-corrected chi connectivity index (χ0v) is 18.9. The minimum absolute atomic E-state index is 0.0655. The van der Waals surface area contributed by atoms with Crippen LogP contribution in [0.5, 0.6) is 0 Å². The number of halogens is 5. The fourth-order valence-electron chi connectivity index (χ4n) is 3.95. The maximum absolute atomic E-state index is 13.8. The fraction of sp³-hybridized carbons (Fsp3) is 0.545. The first-order valence-electron chi connectivity index (χ1n) is 11.0. The number of nitrogens with zero attached hydrogens (tertiary/aromatic N) is 3. The third kappa shape index (κ3) is 5.87. The van der Waals surface area contributed by atoms with Gasteiger partial charge >= 0.3 is 6.18 Å². The number of benzene rings is 1. The highest BCUT2D eigenvalue weighted by atomic mass is 32.2. The predicted molar refractivity (Wildman–Crippen MR) is 119 cm³/mol. The van der Waals surface area contributed by atoms with E-state index >= 15 is 0 Å². The molecule has 1 aliphatic carbocycles. The van der Waals surface area contributed by atoms with Gasteiger partial charge in [0.25, 0.3) is 6.43 Å². The van der Waals surface area contributed by atoms with Crippen LogP contribution in [-0.2, 0) is 6.18 Å². The molecule has 2 fully saturated rings. The molecule has 2 N–H and O–H groups in total. The van der Waals surface area contributed by atoms with Gasteiger partial charge in [0, 0.05) is 41.5 Å². The lowest BCUT2D eigenvalue weighted by atomic mass is 9.94. The Morgan fingerprint density at radius 1 is 1.15 bits per heavy atom. The van der Waals surface area contributed by atoms with Gasteiger partial charge in [-0.3, -0.25) is 4.72 Å². The Bertz CT molecular complexity index is 967. The quantitative estimate of drug-likeness (QED) is 0.341. The van der Waals surface area contributed by atoms with Gasteiger partial charge in [-0.2, -0.15) is 18.2 Å². The van der Waals surface area contributed by atoms with Crippen LogP contribution in [-0.4, -0.2) is 29.1 Å². The van der Waals surface area contributed by atoms with E-state index in [9.17, 15) is 22.0 Å². The van der Waals surface area contributed by atoms with Crippen molar-refractivity contribution >= 4 is 29.4 Å². The standard InChI is InChI=1S/C22H26F5N5S/c1-13-4-3-9-32(12-13)20-17(22(25,26)27)11-28-21(30-20)29-18-8-7-15(10-16(18)19(23)24)33-31-14-5-2-6-14/h7-8,10-11,13-14,19,31H,2-6,9,12H2,1H3,(H,28,29,30). The summed E-state index contributed by atoms with van der Waals surface area (Å²) in [5.41, 5.74) is -1.12. The van der Waals surface area contributed by atoms with Gasteiger partial charge in [0.15, 0.2) is 0 Å². The average Bonchev–Trinajstić information content (AvgIpc) is 2.72. The summed E-state index contributed by atoms with van der Waals surface area (Å²) in [7, 11) is 0. The van der Waals surface area contributed by atoms with Gasteiger partial charge in [0.05, 0.1) is 0 Å². The second-order valence-electron chi connectivity index (χ2n) is 8.64. The molecule has 1 aliphatic heterocycles. The minimum Gasteiger partial charge on any atom is -0.356 e. The van der Waals surface area contributed by atoms with E-state index < -0.39 is 18.2 Å². The van der Waals surface area contributed by atoms with Crippen LogP contribution in [0.2, 0.25) is 0 Å². The maximum atomic E-state index is 13.8. The number of rotatable bonds is 7. The molecule has 0 bridgehead atoms. The highest BCUT2D eigenvalue weighted by Gasteiger charge is 2.37. The molecule has 0 amide bonds. The van der Waals surface area contributed by atoms with Gasteiger partial charge in [-0.25, -0.2) is 13.8 Å². The Morgan fingerprint density at radius 2 is 1.94 bits per heavy atom. The van der Waals surface area contributed by atoms with Gasteiger partial charge in [-0.15, -0.1) is 0 Å². The van der Waals surface area contributed by atoms with Gasteiger partial charge in [-0.05, 0) is 61.7 Å². The van der Waals surface area contributed by atoms with Crippen molar-refractivity contribution in [3.8, 4) is 0 Å². The summed E-state index contributed by atoms with van der Waals surface area (Å²) in [6, 6.07) is 4.93. The molecule has 1 aromatic carbocycles. The van der Waals surface area contributed by atoms with Gasteiger partial charge < -0.3 is 10.2 Å². The van der Waals surface area contributed by atoms with Crippen molar-refractivity contribution in [2.24, 2.45) is 5.92 Å². The van der Waals surface area contributed by atoms with E-state index in [1.807, 2.05) is 6.92 Å². The Kier molecular flexibility index (Phi) is 7.28. The number of nitrogens with one attached hydrogen (secondary N) is 2. The second kappa shape index (κ2) is 10.0. The SMILES string of the molecule is CC1CCCN(c2nc(Nc3ccc(SNC4CCC4)cc3C(F)F)ncc2C(F)(F)F)C1. The number of hydrogen-bond donors (Lipinski definition) is 2. The fourth-order valence-corrected chi connectivity index (χ4v) is 4.81. The van der Waals surface area contributed by atoms with Gasteiger partial charge in [0.1, 0.15) is 11.4 Å². The van der Waals surface area contributed by atoms with Crippen LogP contribution in [0.15, 0.2) is 29.3 Å². The molecule has 5 nitrogen and oxygen atoms in total. The smallest absolute Gasteiger partial charge is 0.356 e. The van der Waals surface area contributed by atoms with Crippen LogP contribution in [0.1, 0.15) is 56.6 Å². The molecule has 2 aliphatic rings. The molecule has 1 saturated heterocycles. The van der Waals surface area contributed by atoms with Crippen LogP contribution in [0.25, 0.3) is 0 Å². The van der Waals surface area contributed by atoms with E-state index in [1.54, 1.807) is 11.0 Å². The summed E-state index contributed by atoms with van der Waals surface area (Å²) in [4.78, 5) is 10.1. The third-order valence-corrected chi connectivity index (χ3v) is 6.92. The van der Waals surface area contributed by atoms with E-state index in [0.29, 0.717) is 24.0 Å². The highest BCUT2D eigenvalue weighted by Crippen LogP contribution is 2.38. The average molecular weight is 488 g/mol. The number of alkyl halides is 5. The monoisotopic (exact) mass is 487 g/mol. The first kappa shape index (κ1) is 24.0. The molecule has 33 heavy (non-hydrogen) atoms. The van der Waals surface area contributed by atoms with Crippen LogP contribution >= 0.6 is 11.9 Å². The van der Waals surface area contributed by atoms with Crippen molar-refractivity contribution in [3.63, 3.8) is 0 Å². The van der Waals surface area contributed by atoms with Crippen LogP contribution in [0.3, 0.4) is 0 Å². The van der Waals surface area contributed by atoms with Crippen LogP contribution in [0, 0.1) is 5.92 Å². The molecule has 1 unspecified atom stereocenters. The Morgan fingerprint density at radius 3 is 2.58 bits per heavy atom. The molecule has 0 spiro atoms. The minimum atomic E-state index is -4.62. The Hall–Kier alpha value is -2.14. The predicted octanol–water partition coefficient (Wildman–Crippen LogP) is 6.56. The van der Waals surface area contributed by atoms with Crippen molar-refractivity contribution in [2.75, 3.05) is 23.3 Å². The van der Waals surface area contributed by atoms with E-state index in [0.717, 1.165) is 38.3 Å². The molecule has 2 aromatic rings. The normalized spacial score (nSPS) is 19.6. The Balaban J connectivity index is 1.59. The number of piperidine rings is 1. The van der Waals surface area contributed by atoms with E-state index in [1.165, 1.54) is 24.1 Å². The lowest BCUT2D eigenvalue weighted by Gasteiger charge is -2.33. The van der Waals surface area contributed by atoms with Crippen LogP contribution < -0.4 is 14.9 Å². The van der Waals surface area contributed by atoms with E-state index in [4.69, 9.17) is 0 Å². The van der Waals surface area contributed by atoms with Crippen molar-refractivity contribution in [3.05, 3.63) is 35.5 Å². The lowest BCUT2D eigenvalue weighted by Crippen LogP contribution is -2.36. The Labute approximate surface area is 193 Å². The molecule has 2 heterocycles. The topological polar surface area (TPSA) is 53.1 Å². The highest BCUT2D eigenvalue weighted by molar-refractivity contribution is 7.97. The molecule has 1 atom stereocenters. The lowest BCUT2D eigenvalue weighted by molar-refractivity contribution is -0.137. The molecule has 11 heteroatoms. The summed E-state index contributed by atoms with van der Waals surface area (Å²) in [6.45, 7) is 2.88. The summed E-state index contributed by atoms with van der Waals surface area (Å²) in [5.74, 6) is -0.136. The number of aromatic nitrogens is 2. The van der Waals surface area contributed by atoms with Crippen LogP contribution in [0.4, 0.5) is 39.4 Å². The zero-order chi connectivity index (χ0) is 23.6. The molecule has 0 radical (unpaired) electrons. The zero-order valence-electron chi connectivity index (χ0n) is 18.1. The molecule has 1 saturated carbocycles. The third-order valence-electron chi connectivity index (χ3n) is 5.98. The number of anilines is 3. The first-order valence-corrected chi connectivity index (χ1v) is 11.8.